The third-order valence-corrected chi connectivity index (χ3v) is 3.44. The lowest BCUT2D eigenvalue weighted by molar-refractivity contribution is -0.129. The number of hydrogen-bond donors (Lipinski definition) is 1. The van der Waals surface area contributed by atoms with E-state index in [0.29, 0.717) is 10.9 Å². The van der Waals surface area contributed by atoms with Crippen LogP contribution in [0.4, 0.5) is 0 Å². The van der Waals surface area contributed by atoms with Crippen LogP contribution in [0.2, 0.25) is 5.02 Å². The number of rotatable bonds is 2. The first kappa shape index (κ1) is 12.4. The molecule has 0 radical (unpaired) electrons. The summed E-state index contributed by atoms with van der Waals surface area (Å²) in [5.41, 5.74) is 1.06. The maximum absolute atomic E-state index is 12.0. The van der Waals surface area contributed by atoms with Crippen LogP contribution >= 0.6 is 11.6 Å². The maximum atomic E-state index is 12.0. The number of benzene rings is 1. The SMILES string of the molecule is CC(C)C1NC(c2ccc(Cl)cc2)N(C)C1=O. The molecule has 0 aromatic heterocycles. The highest BCUT2D eigenvalue weighted by molar-refractivity contribution is 6.30. The Morgan fingerprint density at radius 2 is 1.88 bits per heavy atom. The van der Waals surface area contributed by atoms with Gasteiger partial charge in [0, 0.05) is 12.1 Å². The monoisotopic (exact) mass is 252 g/mol. The van der Waals surface area contributed by atoms with Crippen molar-refractivity contribution in [3.8, 4) is 0 Å². The van der Waals surface area contributed by atoms with Gasteiger partial charge in [0.25, 0.3) is 0 Å². The predicted octanol–water partition coefficient (Wildman–Crippen LogP) is 2.42. The number of amides is 1. The molecule has 4 heteroatoms. The number of likely N-dealkylation sites (N-methyl/N-ethyl adjacent to an activating group) is 1. The second-order valence-electron chi connectivity index (χ2n) is 4.79. The van der Waals surface area contributed by atoms with Crippen LogP contribution in [-0.4, -0.2) is 23.9 Å². The van der Waals surface area contributed by atoms with Crippen molar-refractivity contribution in [2.75, 3.05) is 7.05 Å². The Hall–Kier alpha value is -1.06. The van der Waals surface area contributed by atoms with Crippen LogP contribution in [0.5, 0.6) is 0 Å². The molecule has 1 aromatic rings. The molecule has 1 aromatic carbocycles. The summed E-state index contributed by atoms with van der Waals surface area (Å²) < 4.78 is 0. The Balaban J connectivity index is 2.23. The zero-order chi connectivity index (χ0) is 12.6. The molecule has 1 aliphatic heterocycles. The summed E-state index contributed by atoms with van der Waals surface area (Å²) in [7, 11) is 1.83. The van der Waals surface area contributed by atoms with Gasteiger partial charge < -0.3 is 4.90 Å². The molecule has 1 amide bonds. The number of nitrogens with zero attached hydrogens (tertiary/aromatic N) is 1. The van der Waals surface area contributed by atoms with Gasteiger partial charge in [-0.2, -0.15) is 0 Å². The molecule has 0 saturated carbocycles. The number of nitrogens with one attached hydrogen (secondary N) is 1. The fourth-order valence-corrected chi connectivity index (χ4v) is 2.27. The Bertz CT molecular complexity index is 416. The summed E-state index contributed by atoms with van der Waals surface area (Å²) in [5, 5.41) is 4.07. The van der Waals surface area contributed by atoms with Gasteiger partial charge in [0.15, 0.2) is 0 Å². The normalized spacial score (nSPS) is 24.8. The van der Waals surface area contributed by atoms with E-state index in [1.807, 2.05) is 45.2 Å². The first-order valence-electron chi connectivity index (χ1n) is 5.79. The first-order chi connectivity index (χ1) is 8.00. The summed E-state index contributed by atoms with van der Waals surface area (Å²) in [6.45, 7) is 4.10. The van der Waals surface area contributed by atoms with Crippen LogP contribution < -0.4 is 5.32 Å². The summed E-state index contributed by atoms with van der Waals surface area (Å²) in [6.07, 6.45) is -0.0489. The molecular weight excluding hydrogens is 236 g/mol. The van der Waals surface area contributed by atoms with Crippen LogP contribution in [0, 0.1) is 5.92 Å². The molecule has 0 aliphatic carbocycles. The minimum atomic E-state index is -0.0966. The molecule has 1 heterocycles. The van der Waals surface area contributed by atoms with E-state index in [-0.39, 0.29) is 18.1 Å². The van der Waals surface area contributed by atoms with Gasteiger partial charge in [-0.1, -0.05) is 37.6 Å². The summed E-state index contributed by atoms with van der Waals surface area (Å²) in [5.74, 6) is 0.446. The van der Waals surface area contributed by atoms with E-state index in [1.54, 1.807) is 4.90 Å². The van der Waals surface area contributed by atoms with Crippen LogP contribution in [0.15, 0.2) is 24.3 Å². The van der Waals surface area contributed by atoms with Crippen LogP contribution in [0.1, 0.15) is 25.6 Å². The van der Waals surface area contributed by atoms with Crippen molar-refractivity contribution < 1.29 is 4.79 Å². The third-order valence-electron chi connectivity index (χ3n) is 3.19. The molecule has 1 fully saturated rings. The summed E-state index contributed by atoms with van der Waals surface area (Å²) >= 11 is 5.86. The fraction of sp³-hybridized carbons (Fsp3) is 0.462. The number of carbonyl (C=O) groups excluding carboxylic acids is 1. The second-order valence-corrected chi connectivity index (χ2v) is 5.23. The minimum Gasteiger partial charge on any atom is -0.325 e. The predicted molar refractivity (Wildman–Crippen MR) is 68.7 cm³/mol. The molecule has 0 bridgehead atoms. The molecule has 1 saturated heterocycles. The smallest absolute Gasteiger partial charge is 0.241 e. The fourth-order valence-electron chi connectivity index (χ4n) is 2.14. The van der Waals surface area contributed by atoms with Crippen molar-refractivity contribution in [3.63, 3.8) is 0 Å². The van der Waals surface area contributed by atoms with Gasteiger partial charge in [0.05, 0.1) is 6.04 Å². The molecule has 0 spiro atoms. The number of carbonyl (C=O) groups is 1. The lowest BCUT2D eigenvalue weighted by Gasteiger charge is -2.19. The maximum Gasteiger partial charge on any atom is 0.241 e. The van der Waals surface area contributed by atoms with Gasteiger partial charge in [0.1, 0.15) is 6.17 Å². The summed E-state index contributed by atoms with van der Waals surface area (Å²) in [4.78, 5) is 13.8. The highest BCUT2D eigenvalue weighted by Gasteiger charge is 2.38. The highest BCUT2D eigenvalue weighted by Crippen LogP contribution is 2.27. The Labute approximate surface area is 107 Å². The van der Waals surface area contributed by atoms with Crippen molar-refractivity contribution in [2.45, 2.75) is 26.1 Å². The van der Waals surface area contributed by atoms with E-state index >= 15 is 0 Å². The topological polar surface area (TPSA) is 32.3 Å². The molecule has 3 nitrogen and oxygen atoms in total. The van der Waals surface area contributed by atoms with E-state index in [0.717, 1.165) is 5.56 Å². The van der Waals surface area contributed by atoms with Crippen LogP contribution in [0.25, 0.3) is 0 Å². The van der Waals surface area contributed by atoms with Gasteiger partial charge in [-0.3, -0.25) is 10.1 Å². The van der Waals surface area contributed by atoms with E-state index < -0.39 is 0 Å². The highest BCUT2D eigenvalue weighted by atomic mass is 35.5. The van der Waals surface area contributed by atoms with Gasteiger partial charge in [-0.15, -0.1) is 0 Å². The van der Waals surface area contributed by atoms with Crippen LogP contribution in [0.3, 0.4) is 0 Å². The zero-order valence-corrected chi connectivity index (χ0v) is 11.0. The average molecular weight is 253 g/mol. The molecule has 2 atom stereocenters. The van der Waals surface area contributed by atoms with Crippen molar-refractivity contribution in [3.05, 3.63) is 34.9 Å². The molecule has 1 N–H and O–H groups in total. The van der Waals surface area contributed by atoms with Crippen molar-refractivity contribution in [1.82, 2.24) is 10.2 Å². The van der Waals surface area contributed by atoms with E-state index in [2.05, 4.69) is 5.32 Å². The Morgan fingerprint density at radius 1 is 1.29 bits per heavy atom. The van der Waals surface area contributed by atoms with Crippen LogP contribution in [-0.2, 0) is 4.79 Å². The van der Waals surface area contributed by atoms with Gasteiger partial charge in [-0.05, 0) is 23.6 Å². The van der Waals surface area contributed by atoms with Gasteiger partial charge in [0.2, 0.25) is 5.91 Å². The lowest BCUT2D eigenvalue weighted by atomic mass is 10.1. The Kier molecular flexibility index (Phi) is 3.40. The van der Waals surface area contributed by atoms with E-state index in [1.165, 1.54) is 0 Å². The molecular formula is C13H17ClN2O. The van der Waals surface area contributed by atoms with Crippen molar-refractivity contribution in [2.24, 2.45) is 5.92 Å². The molecule has 1 aliphatic rings. The third kappa shape index (κ3) is 2.31. The van der Waals surface area contributed by atoms with Gasteiger partial charge in [-0.25, -0.2) is 0 Å². The van der Waals surface area contributed by atoms with E-state index in [4.69, 9.17) is 11.6 Å². The molecule has 92 valence electrons. The Morgan fingerprint density at radius 3 is 2.35 bits per heavy atom. The average Bonchev–Trinajstić information content (AvgIpc) is 2.58. The number of hydrogen-bond acceptors (Lipinski definition) is 2. The van der Waals surface area contributed by atoms with E-state index in [9.17, 15) is 4.79 Å². The quantitative estimate of drug-likeness (QED) is 0.877. The minimum absolute atomic E-state index is 0.0489. The lowest BCUT2D eigenvalue weighted by Crippen LogP contribution is -2.33. The second kappa shape index (κ2) is 4.67. The van der Waals surface area contributed by atoms with Crippen molar-refractivity contribution in [1.29, 1.82) is 0 Å². The largest absolute Gasteiger partial charge is 0.325 e. The summed E-state index contributed by atoms with van der Waals surface area (Å²) in [6, 6.07) is 7.50. The molecule has 17 heavy (non-hydrogen) atoms. The molecule has 2 unspecified atom stereocenters. The standard InChI is InChI=1S/C13H17ClN2O/c1-8(2)11-13(17)16(3)12(15-11)9-4-6-10(14)7-5-9/h4-8,11-12,15H,1-3H3. The zero-order valence-electron chi connectivity index (χ0n) is 10.3. The first-order valence-corrected chi connectivity index (χ1v) is 6.16. The van der Waals surface area contributed by atoms with Gasteiger partial charge >= 0.3 is 0 Å². The molecule has 2 rings (SSSR count). The van der Waals surface area contributed by atoms with Crippen molar-refractivity contribution >= 4 is 17.5 Å². The number of halogens is 1.